The maximum Gasteiger partial charge on any atom is 0.351 e. The summed E-state index contributed by atoms with van der Waals surface area (Å²) in [6, 6.07) is 6.79. The van der Waals surface area contributed by atoms with Crippen molar-refractivity contribution in [3.63, 3.8) is 0 Å². The van der Waals surface area contributed by atoms with Crippen LogP contribution in [0.3, 0.4) is 0 Å². The van der Waals surface area contributed by atoms with Crippen molar-refractivity contribution >= 4 is 23.4 Å². The predicted octanol–water partition coefficient (Wildman–Crippen LogP) is 2.22. The number of ether oxygens (including phenoxy) is 1. The zero-order valence-electron chi connectivity index (χ0n) is 8.27. The van der Waals surface area contributed by atoms with Gasteiger partial charge in [-0.2, -0.15) is 0 Å². The summed E-state index contributed by atoms with van der Waals surface area (Å²) in [6.45, 7) is 1.80. The van der Waals surface area contributed by atoms with Crippen molar-refractivity contribution in [3.05, 3.63) is 24.3 Å². The molecule has 0 aliphatic carbocycles. The number of carbonyl (C=O) groups is 1. The molecule has 5 heteroatoms. The number of esters is 1. The van der Waals surface area contributed by atoms with Crippen LogP contribution in [0.4, 0.5) is 10.1 Å². The van der Waals surface area contributed by atoms with E-state index in [1.165, 1.54) is 0 Å². The Hall–Kier alpha value is -1.23. The van der Waals surface area contributed by atoms with Gasteiger partial charge in [-0.3, -0.25) is 0 Å². The molecule has 0 saturated heterocycles. The number of hydrogen-bond acceptors (Lipinski definition) is 4. The Morgan fingerprint density at radius 1 is 1.60 bits per heavy atom. The van der Waals surface area contributed by atoms with E-state index in [0.29, 0.717) is 10.6 Å². The lowest BCUT2D eigenvalue weighted by Crippen LogP contribution is -2.15. The molecular formula is C10H12FNO2S. The van der Waals surface area contributed by atoms with Crippen LogP contribution in [0.25, 0.3) is 0 Å². The van der Waals surface area contributed by atoms with Gasteiger partial charge in [-0.25, -0.2) is 9.18 Å². The fraction of sp³-hybridized carbons (Fsp3) is 0.300. The fourth-order valence-electron chi connectivity index (χ4n) is 0.955. The van der Waals surface area contributed by atoms with E-state index in [0.717, 1.165) is 11.8 Å². The van der Waals surface area contributed by atoms with Gasteiger partial charge in [0.05, 0.1) is 6.61 Å². The zero-order chi connectivity index (χ0) is 11.3. The van der Waals surface area contributed by atoms with Crippen LogP contribution in [0.15, 0.2) is 29.2 Å². The number of rotatable bonds is 4. The van der Waals surface area contributed by atoms with E-state index in [1.54, 1.807) is 31.2 Å². The highest BCUT2D eigenvalue weighted by atomic mass is 32.2. The quantitative estimate of drug-likeness (QED) is 0.488. The molecule has 0 aliphatic rings. The molecule has 1 aromatic carbocycles. The molecule has 3 nitrogen and oxygen atoms in total. The molecule has 0 fully saturated rings. The lowest BCUT2D eigenvalue weighted by Gasteiger charge is -2.08. The number of nitrogen functional groups attached to an aromatic ring is 1. The Bertz CT molecular complexity index is 346. The number of benzene rings is 1. The van der Waals surface area contributed by atoms with Crippen molar-refractivity contribution in [2.45, 2.75) is 17.3 Å². The molecule has 0 amide bonds. The monoisotopic (exact) mass is 229 g/mol. The summed E-state index contributed by atoms with van der Waals surface area (Å²) < 4.78 is 17.8. The van der Waals surface area contributed by atoms with Crippen molar-refractivity contribution in [2.24, 2.45) is 0 Å². The van der Waals surface area contributed by atoms with Gasteiger partial charge in [-0.1, -0.05) is 23.9 Å². The second-order valence-corrected chi connectivity index (χ2v) is 3.81. The van der Waals surface area contributed by atoms with Crippen LogP contribution in [0.5, 0.6) is 0 Å². The lowest BCUT2D eigenvalue weighted by molar-refractivity contribution is -0.145. The number of anilines is 1. The SMILES string of the molecule is CCOC(=O)C(F)Sc1ccccc1N. The molecule has 1 aromatic rings. The van der Waals surface area contributed by atoms with E-state index >= 15 is 0 Å². The first kappa shape index (κ1) is 11.8. The average molecular weight is 229 g/mol. The topological polar surface area (TPSA) is 52.3 Å². The number of para-hydroxylation sites is 1. The van der Waals surface area contributed by atoms with E-state index in [-0.39, 0.29) is 6.61 Å². The summed E-state index contributed by atoms with van der Waals surface area (Å²) in [5.74, 6) is -0.870. The number of nitrogens with two attached hydrogens (primary N) is 1. The van der Waals surface area contributed by atoms with Crippen molar-refractivity contribution < 1.29 is 13.9 Å². The zero-order valence-corrected chi connectivity index (χ0v) is 9.09. The first-order valence-electron chi connectivity index (χ1n) is 4.47. The van der Waals surface area contributed by atoms with E-state index in [1.807, 2.05) is 0 Å². The smallest absolute Gasteiger partial charge is 0.351 e. The average Bonchev–Trinajstić information content (AvgIpc) is 2.21. The summed E-state index contributed by atoms with van der Waals surface area (Å²) in [6.07, 6.45) is 0. The third-order valence-corrected chi connectivity index (χ3v) is 2.65. The van der Waals surface area contributed by atoms with Crippen LogP contribution in [0.2, 0.25) is 0 Å². The molecule has 1 rings (SSSR count). The van der Waals surface area contributed by atoms with Crippen LogP contribution in [-0.2, 0) is 9.53 Å². The number of halogens is 1. The normalized spacial score (nSPS) is 12.1. The summed E-state index contributed by atoms with van der Waals surface area (Å²) in [4.78, 5) is 11.5. The standard InChI is InChI=1S/C10H12FNO2S/c1-2-14-10(13)9(11)15-8-6-4-3-5-7(8)12/h3-6,9H,2,12H2,1H3. The minimum atomic E-state index is -1.73. The number of alkyl halides is 1. The molecule has 0 aliphatic heterocycles. The third kappa shape index (κ3) is 3.43. The minimum Gasteiger partial charge on any atom is -0.463 e. The van der Waals surface area contributed by atoms with Gasteiger partial charge in [0.2, 0.25) is 5.50 Å². The van der Waals surface area contributed by atoms with Crippen LogP contribution >= 0.6 is 11.8 Å². The maximum absolute atomic E-state index is 13.3. The van der Waals surface area contributed by atoms with Crippen LogP contribution in [-0.4, -0.2) is 18.1 Å². The van der Waals surface area contributed by atoms with Gasteiger partial charge in [0.15, 0.2) is 0 Å². The second kappa shape index (κ2) is 5.60. The first-order chi connectivity index (χ1) is 7.15. The Labute approximate surface area is 91.8 Å². The van der Waals surface area contributed by atoms with Gasteiger partial charge in [-0.05, 0) is 19.1 Å². The van der Waals surface area contributed by atoms with E-state index < -0.39 is 11.5 Å². The van der Waals surface area contributed by atoms with Crippen molar-refractivity contribution in [2.75, 3.05) is 12.3 Å². The highest BCUT2D eigenvalue weighted by Gasteiger charge is 2.20. The van der Waals surface area contributed by atoms with Gasteiger partial charge in [0, 0.05) is 10.6 Å². The van der Waals surface area contributed by atoms with Gasteiger partial charge >= 0.3 is 5.97 Å². The molecule has 0 saturated carbocycles. The highest BCUT2D eigenvalue weighted by Crippen LogP contribution is 2.29. The molecule has 1 unspecified atom stereocenters. The van der Waals surface area contributed by atoms with Crippen LogP contribution in [0.1, 0.15) is 6.92 Å². The van der Waals surface area contributed by atoms with Gasteiger partial charge in [0.1, 0.15) is 0 Å². The van der Waals surface area contributed by atoms with Crippen LogP contribution in [0, 0.1) is 0 Å². The molecule has 1 atom stereocenters. The Morgan fingerprint density at radius 3 is 2.87 bits per heavy atom. The first-order valence-corrected chi connectivity index (χ1v) is 5.35. The summed E-state index contributed by atoms with van der Waals surface area (Å²) in [5.41, 5.74) is 4.33. The predicted molar refractivity (Wildman–Crippen MR) is 58.2 cm³/mol. The second-order valence-electron chi connectivity index (χ2n) is 2.72. The van der Waals surface area contributed by atoms with E-state index in [4.69, 9.17) is 5.73 Å². The lowest BCUT2D eigenvalue weighted by atomic mass is 10.3. The molecule has 82 valence electrons. The number of thioether (sulfide) groups is 1. The summed E-state index contributed by atoms with van der Waals surface area (Å²) in [5, 5.41) is 0. The Balaban J connectivity index is 2.62. The molecular weight excluding hydrogens is 217 g/mol. The fourth-order valence-corrected chi connectivity index (χ4v) is 1.70. The van der Waals surface area contributed by atoms with Crippen LogP contribution < -0.4 is 5.73 Å². The van der Waals surface area contributed by atoms with Crippen molar-refractivity contribution in [3.8, 4) is 0 Å². The van der Waals surface area contributed by atoms with Gasteiger partial charge < -0.3 is 10.5 Å². The van der Waals surface area contributed by atoms with E-state index in [2.05, 4.69) is 4.74 Å². The van der Waals surface area contributed by atoms with E-state index in [9.17, 15) is 9.18 Å². The minimum absolute atomic E-state index is 0.171. The molecule has 0 heterocycles. The summed E-state index contributed by atoms with van der Waals surface area (Å²) >= 11 is 0.752. The molecule has 0 bridgehead atoms. The summed E-state index contributed by atoms with van der Waals surface area (Å²) in [7, 11) is 0. The molecule has 0 aromatic heterocycles. The molecule has 0 radical (unpaired) electrons. The largest absolute Gasteiger partial charge is 0.463 e. The third-order valence-electron chi connectivity index (χ3n) is 1.62. The highest BCUT2D eigenvalue weighted by molar-refractivity contribution is 8.00. The van der Waals surface area contributed by atoms with Gasteiger partial charge in [0.25, 0.3) is 0 Å². The Kier molecular flexibility index (Phi) is 4.42. The van der Waals surface area contributed by atoms with Crippen molar-refractivity contribution in [1.29, 1.82) is 0 Å². The van der Waals surface area contributed by atoms with Crippen molar-refractivity contribution in [1.82, 2.24) is 0 Å². The van der Waals surface area contributed by atoms with Gasteiger partial charge in [-0.15, -0.1) is 0 Å². The number of hydrogen-bond donors (Lipinski definition) is 1. The molecule has 15 heavy (non-hydrogen) atoms. The molecule has 0 spiro atoms. The number of carbonyl (C=O) groups excluding carboxylic acids is 1. The maximum atomic E-state index is 13.3. The molecule has 2 N–H and O–H groups in total. The Morgan fingerprint density at radius 2 is 2.27 bits per heavy atom.